The second-order valence-corrected chi connectivity index (χ2v) is 2.46. The van der Waals surface area contributed by atoms with E-state index >= 15 is 0 Å². The largest absolute Gasteiger partial charge is 0.485 e. The van der Waals surface area contributed by atoms with Crippen molar-refractivity contribution >= 4 is 0 Å². The Hall–Kier alpha value is -1.09. The van der Waals surface area contributed by atoms with E-state index in [0.717, 1.165) is 5.75 Å². The van der Waals surface area contributed by atoms with Crippen LogP contribution in [0.25, 0.3) is 0 Å². The Morgan fingerprint density at radius 1 is 1.36 bits per heavy atom. The van der Waals surface area contributed by atoms with Gasteiger partial charge in [0.05, 0.1) is 13.2 Å². The predicted octanol–water partition coefficient (Wildman–Crippen LogP) is 0.859. The van der Waals surface area contributed by atoms with Gasteiger partial charge in [0.1, 0.15) is 11.9 Å². The van der Waals surface area contributed by atoms with Gasteiger partial charge in [-0.2, -0.15) is 0 Å². The van der Waals surface area contributed by atoms with Crippen molar-refractivity contribution in [1.82, 2.24) is 4.98 Å². The van der Waals surface area contributed by atoms with E-state index in [9.17, 15) is 0 Å². The van der Waals surface area contributed by atoms with Crippen LogP contribution in [0.15, 0.2) is 24.5 Å². The summed E-state index contributed by atoms with van der Waals surface area (Å²) in [7, 11) is 0. The van der Waals surface area contributed by atoms with E-state index in [0.29, 0.717) is 13.2 Å². The van der Waals surface area contributed by atoms with Crippen molar-refractivity contribution in [1.29, 1.82) is 0 Å². The smallest absolute Gasteiger partial charge is 0.145 e. The molecular formula is C8H9NO2. The second kappa shape index (κ2) is 2.88. The first kappa shape index (κ1) is 6.61. The number of nitrogens with zero attached hydrogens (tertiary/aromatic N) is 1. The maximum absolute atomic E-state index is 5.49. The number of rotatable bonds is 2. The molecule has 3 nitrogen and oxygen atoms in total. The summed E-state index contributed by atoms with van der Waals surface area (Å²) in [5.41, 5.74) is 0. The van der Waals surface area contributed by atoms with Gasteiger partial charge < -0.3 is 9.47 Å². The first-order valence-corrected chi connectivity index (χ1v) is 3.59. The molecule has 11 heavy (non-hydrogen) atoms. The lowest BCUT2D eigenvalue weighted by Crippen LogP contribution is -2.38. The molecule has 3 heteroatoms. The molecule has 1 aliphatic rings. The first-order chi connectivity index (χ1) is 5.45. The van der Waals surface area contributed by atoms with Gasteiger partial charge in [0.25, 0.3) is 0 Å². The fraction of sp³-hybridized carbons (Fsp3) is 0.375. The van der Waals surface area contributed by atoms with Gasteiger partial charge in [-0.3, -0.25) is 4.98 Å². The molecule has 1 aliphatic heterocycles. The molecule has 1 aromatic rings. The standard InChI is InChI=1S/C8H9NO2/c1-3-9-4-2-7(1)11-8-5-10-6-8/h1-4,8H,5-6H2. The number of aromatic nitrogens is 1. The maximum atomic E-state index is 5.49. The molecule has 1 aromatic heterocycles. The van der Waals surface area contributed by atoms with Gasteiger partial charge in [-0.15, -0.1) is 0 Å². The summed E-state index contributed by atoms with van der Waals surface area (Å²) >= 11 is 0. The van der Waals surface area contributed by atoms with Crippen LogP contribution >= 0.6 is 0 Å². The SMILES string of the molecule is c1cc(OC2COC2)ccn1. The third-order valence-electron chi connectivity index (χ3n) is 1.56. The molecule has 0 saturated carbocycles. The van der Waals surface area contributed by atoms with Crippen LogP contribution in [0.3, 0.4) is 0 Å². The summed E-state index contributed by atoms with van der Waals surface area (Å²) in [5, 5.41) is 0. The minimum atomic E-state index is 0.248. The summed E-state index contributed by atoms with van der Waals surface area (Å²) in [4.78, 5) is 3.89. The summed E-state index contributed by atoms with van der Waals surface area (Å²) in [6.07, 6.45) is 3.68. The van der Waals surface area contributed by atoms with E-state index in [2.05, 4.69) is 4.98 Å². The Kier molecular flexibility index (Phi) is 1.73. The van der Waals surface area contributed by atoms with Gasteiger partial charge in [0.15, 0.2) is 0 Å². The van der Waals surface area contributed by atoms with Gasteiger partial charge >= 0.3 is 0 Å². The molecule has 0 amide bonds. The van der Waals surface area contributed by atoms with E-state index < -0.39 is 0 Å². The molecule has 1 saturated heterocycles. The van der Waals surface area contributed by atoms with Gasteiger partial charge in [-0.05, 0) is 12.1 Å². The van der Waals surface area contributed by atoms with Crippen molar-refractivity contribution in [2.45, 2.75) is 6.10 Å². The zero-order valence-corrected chi connectivity index (χ0v) is 6.06. The average Bonchev–Trinajstić information content (AvgIpc) is 1.99. The Labute approximate surface area is 65.0 Å². The molecule has 2 rings (SSSR count). The molecule has 0 aliphatic carbocycles. The van der Waals surface area contributed by atoms with Crippen LogP contribution in [0, 0.1) is 0 Å². The normalized spacial score (nSPS) is 17.5. The van der Waals surface area contributed by atoms with Crippen molar-refractivity contribution in [3.63, 3.8) is 0 Å². The Morgan fingerprint density at radius 3 is 2.64 bits per heavy atom. The summed E-state index contributed by atoms with van der Waals surface area (Å²) in [5.74, 6) is 0.869. The molecule has 1 fully saturated rings. The Bertz CT molecular complexity index is 221. The van der Waals surface area contributed by atoms with Crippen molar-refractivity contribution in [2.24, 2.45) is 0 Å². The van der Waals surface area contributed by atoms with Crippen LogP contribution < -0.4 is 4.74 Å². The van der Waals surface area contributed by atoms with E-state index in [1.807, 2.05) is 12.1 Å². The summed E-state index contributed by atoms with van der Waals surface area (Å²) in [6, 6.07) is 3.69. The van der Waals surface area contributed by atoms with E-state index in [-0.39, 0.29) is 6.10 Å². The van der Waals surface area contributed by atoms with Gasteiger partial charge in [0.2, 0.25) is 0 Å². The summed E-state index contributed by atoms with van der Waals surface area (Å²) < 4.78 is 10.5. The first-order valence-electron chi connectivity index (χ1n) is 3.59. The monoisotopic (exact) mass is 151 g/mol. The van der Waals surface area contributed by atoms with Crippen LogP contribution in [-0.2, 0) is 4.74 Å². The lowest BCUT2D eigenvalue weighted by Gasteiger charge is -2.26. The number of ether oxygens (including phenoxy) is 2. The predicted molar refractivity (Wildman–Crippen MR) is 39.5 cm³/mol. The summed E-state index contributed by atoms with van der Waals surface area (Å²) in [6.45, 7) is 1.42. The lowest BCUT2D eigenvalue weighted by molar-refractivity contribution is -0.0797. The van der Waals surface area contributed by atoms with Crippen LogP contribution in [0.2, 0.25) is 0 Å². The van der Waals surface area contributed by atoms with Gasteiger partial charge in [-0.1, -0.05) is 0 Å². The zero-order chi connectivity index (χ0) is 7.52. The number of hydrogen-bond donors (Lipinski definition) is 0. The number of pyridine rings is 1. The number of hydrogen-bond acceptors (Lipinski definition) is 3. The van der Waals surface area contributed by atoms with Gasteiger partial charge in [0, 0.05) is 12.4 Å². The Balaban J connectivity index is 1.95. The molecule has 0 spiro atoms. The lowest BCUT2D eigenvalue weighted by atomic mass is 10.3. The topological polar surface area (TPSA) is 31.4 Å². The van der Waals surface area contributed by atoms with Crippen molar-refractivity contribution < 1.29 is 9.47 Å². The molecule has 0 unspecified atom stereocenters. The average molecular weight is 151 g/mol. The highest BCUT2D eigenvalue weighted by Crippen LogP contribution is 2.13. The third-order valence-corrected chi connectivity index (χ3v) is 1.56. The highest BCUT2D eigenvalue weighted by molar-refractivity contribution is 5.17. The van der Waals surface area contributed by atoms with Gasteiger partial charge in [-0.25, -0.2) is 0 Å². The van der Waals surface area contributed by atoms with E-state index in [1.165, 1.54) is 0 Å². The molecule has 0 radical (unpaired) electrons. The zero-order valence-electron chi connectivity index (χ0n) is 6.06. The highest BCUT2D eigenvalue weighted by atomic mass is 16.6. The van der Waals surface area contributed by atoms with Crippen LogP contribution in [-0.4, -0.2) is 24.3 Å². The second-order valence-electron chi connectivity index (χ2n) is 2.46. The molecular weight excluding hydrogens is 142 g/mol. The fourth-order valence-electron chi connectivity index (χ4n) is 0.891. The molecule has 0 atom stereocenters. The molecule has 58 valence electrons. The van der Waals surface area contributed by atoms with Crippen molar-refractivity contribution in [3.8, 4) is 5.75 Å². The van der Waals surface area contributed by atoms with Crippen LogP contribution in [0.1, 0.15) is 0 Å². The van der Waals surface area contributed by atoms with E-state index in [4.69, 9.17) is 9.47 Å². The maximum Gasteiger partial charge on any atom is 0.145 e. The van der Waals surface area contributed by atoms with Crippen molar-refractivity contribution in [2.75, 3.05) is 13.2 Å². The van der Waals surface area contributed by atoms with Crippen LogP contribution in [0.5, 0.6) is 5.75 Å². The minimum absolute atomic E-state index is 0.248. The molecule has 0 bridgehead atoms. The van der Waals surface area contributed by atoms with Crippen molar-refractivity contribution in [3.05, 3.63) is 24.5 Å². The van der Waals surface area contributed by atoms with Crippen LogP contribution in [0.4, 0.5) is 0 Å². The fourth-order valence-corrected chi connectivity index (χ4v) is 0.891. The minimum Gasteiger partial charge on any atom is -0.485 e. The molecule has 0 aromatic carbocycles. The Morgan fingerprint density at radius 2 is 2.09 bits per heavy atom. The molecule has 0 N–H and O–H groups in total. The van der Waals surface area contributed by atoms with E-state index in [1.54, 1.807) is 12.4 Å². The third kappa shape index (κ3) is 1.49. The highest BCUT2D eigenvalue weighted by Gasteiger charge is 2.19. The molecule has 2 heterocycles. The quantitative estimate of drug-likeness (QED) is 0.628.